The molecule has 0 radical (unpaired) electrons. The van der Waals surface area contributed by atoms with Gasteiger partial charge in [0.2, 0.25) is 4.38 Å². The number of rotatable bonds is 12. The topological polar surface area (TPSA) is 33.0 Å². The predicted molar refractivity (Wildman–Crippen MR) is 97.7 cm³/mol. The quantitative estimate of drug-likeness (QED) is 0.313. The average Bonchev–Trinajstić information content (AvgIpc) is 2.44. The van der Waals surface area contributed by atoms with Crippen molar-refractivity contribution in [1.82, 2.24) is 0 Å². The van der Waals surface area contributed by atoms with Crippen molar-refractivity contribution in [2.45, 2.75) is 90.6 Å². The number of hydrogen-bond acceptors (Lipinski definition) is 4. The molecule has 0 amide bonds. The molecule has 0 aromatic carbocycles. The monoisotopic (exact) mass is 329 g/mol. The van der Waals surface area contributed by atoms with E-state index in [0.717, 1.165) is 5.75 Å². The van der Waals surface area contributed by atoms with E-state index in [1.165, 1.54) is 64.2 Å². The first-order chi connectivity index (χ1) is 10.0. The first-order valence-corrected chi connectivity index (χ1v) is 9.68. The van der Waals surface area contributed by atoms with Crippen LogP contribution in [0.1, 0.15) is 85.0 Å². The molecule has 21 heavy (non-hydrogen) atoms. The second-order valence-corrected chi connectivity index (χ2v) is 7.70. The summed E-state index contributed by atoms with van der Waals surface area (Å²) in [6.45, 7) is 5.73. The zero-order valence-corrected chi connectivity index (χ0v) is 15.6. The minimum Gasteiger partial charge on any atom is -0.457 e. The van der Waals surface area contributed by atoms with Crippen LogP contribution in [-0.2, 0) is 4.74 Å². The maximum absolute atomic E-state index is 8.86. The first kappa shape index (κ1) is 20.7. The molecule has 0 spiro atoms. The molecule has 0 aliphatic rings. The van der Waals surface area contributed by atoms with Crippen LogP contribution in [0.25, 0.3) is 0 Å². The number of thioether (sulfide) groups is 1. The fourth-order valence-corrected chi connectivity index (χ4v) is 3.25. The van der Waals surface area contributed by atoms with Gasteiger partial charge in [-0.1, -0.05) is 76.5 Å². The average molecular weight is 330 g/mol. The maximum Gasteiger partial charge on any atom is 0.221 e. The molecule has 0 saturated heterocycles. The predicted octanol–water partition coefficient (Wildman–Crippen LogP) is 6.24. The van der Waals surface area contributed by atoms with Crippen LogP contribution in [0, 0.1) is 11.3 Å². The fraction of sp³-hybridized carbons (Fsp3) is 0.882. The van der Waals surface area contributed by atoms with Gasteiger partial charge >= 0.3 is 0 Å². The smallest absolute Gasteiger partial charge is 0.221 e. The minimum absolute atomic E-state index is 0.498. The summed E-state index contributed by atoms with van der Waals surface area (Å²) in [6.07, 6.45) is 13.4. The van der Waals surface area contributed by atoms with E-state index in [9.17, 15) is 0 Å². The Morgan fingerprint density at radius 3 is 1.95 bits per heavy atom. The lowest BCUT2D eigenvalue weighted by Crippen LogP contribution is -2.23. The molecule has 0 heterocycles. The van der Waals surface area contributed by atoms with E-state index in [4.69, 9.17) is 22.2 Å². The van der Waals surface area contributed by atoms with Crippen molar-refractivity contribution in [3.63, 3.8) is 0 Å². The van der Waals surface area contributed by atoms with Gasteiger partial charge in [0.25, 0.3) is 0 Å². The summed E-state index contributed by atoms with van der Waals surface area (Å²) in [4.78, 5) is 0. The summed E-state index contributed by atoms with van der Waals surface area (Å²) in [5.74, 6) is 0.997. The van der Waals surface area contributed by atoms with Gasteiger partial charge in [-0.15, -0.1) is 0 Å². The van der Waals surface area contributed by atoms with E-state index in [1.807, 2.05) is 0 Å². The lowest BCUT2D eigenvalue weighted by molar-refractivity contribution is 0.168. The number of thiocarbonyl (C=S) groups is 1. The zero-order valence-electron chi connectivity index (χ0n) is 14.0. The highest BCUT2D eigenvalue weighted by Gasteiger charge is 2.19. The molecule has 0 bridgehead atoms. The normalized spacial score (nSPS) is 11.1. The van der Waals surface area contributed by atoms with Gasteiger partial charge in [-0.2, -0.15) is 5.26 Å². The fourth-order valence-electron chi connectivity index (χ4n) is 2.01. The number of ether oxygens (including phenoxy) is 1. The SMILES string of the molecule is CCCCCCCCCCCCSC(=S)OC(C)(C)C#N. The number of nitrogens with zero attached hydrogens (tertiary/aromatic N) is 1. The second kappa shape index (κ2) is 13.4. The molecule has 0 atom stereocenters. The second-order valence-electron chi connectivity index (χ2n) is 6.00. The van der Waals surface area contributed by atoms with Crippen molar-refractivity contribution in [3.05, 3.63) is 0 Å². The van der Waals surface area contributed by atoms with Crippen LogP contribution in [0.5, 0.6) is 0 Å². The molecule has 0 rings (SSSR count). The van der Waals surface area contributed by atoms with E-state index in [-0.39, 0.29) is 0 Å². The van der Waals surface area contributed by atoms with Crippen LogP contribution in [0.15, 0.2) is 0 Å². The molecule has 0 aliphatic carbocycles. The van der Waals surface area contributed by atoms with Gasteiger partial charge in [-0.3, -0.25) is 0 Å². The molecule has 122 valence electrons. The summed E-state index contributed by atoms with van der Waals surface area (Å²) in [6, 6.07) is 2.09. The Bertz CT molecular complexity index is 310. The molecule has 0 saturated carbocycles. The van der Waals surface area contributed by atoms with Crippen LogP contribution >= 0.6 is 24.0 Å². The van der Waals surface area contributed by atoms with Crippen molar-refractivity contribution in [3.8, 4) is 6.07 Å². The van der Waals surface area contributed by atoms with E-state index in [0.29, 0.717) is 4.38 Å². The van der Waals surface area contributed by atoms with E-state index in [1.54, 1.807) is 25.6 Å². The van der Waals surface area contributed by atoms with Gasteiger partial charge in [0, 0.05) is 5.75 Å². The lowest BCUT2D eigenvalue weighted by atomic mass is 10.1. The Morgan fingerprint density at radius 2 is 1.48 bits per heavy atom. The van der Waals surface area contributed by atoms with Crippen LogP contribution < -0.4 is 0 Å². The first-order valence-electron chi connectivity index (χ1n) is 8.29. The summed E-state index contributed by atoms with van der Waals surface area (Å²) in [5.41, 5.74) is -0.804. The van der Waals surface area contributed by atoms with Crippen LogP contribution in [0.4, 0.5) is 0 Å². The van der Waals surface area contributed by atoms with Crippen molar-refractivity contribution in [2.24, 2.45) is 0 Å². The standard InChI is InChI=1S/C17H31NOS2/c1-4-5-6-7-8-9-10-11-12-13-14-21-16(20)19-17(2,3)15-18/h4-14H2,1-3H3. The Balaban J connectivity index is 3.29. The van der Waals surface area contributed by atoms with Gasteiger partial charge < -0.3 is 4.74 Å². The summed E-state index contributed by atoms with van der Waals surface area (Å²) < 4.78 is 5.91. The van der Waals surface area contributed by atoms with Crippen molar-refractivity contribution < 1.29 is 4.74 Å². The summed E-state index contributed by atoms with van der Waals surface area (Å²) >= 11 is 6.68. The van der Waals surface area contributed by atoms with Gasteiger partial charge in [0.05, 0.1) is 0 Å². The third kappa shape index (κ3) is 14.4. The van der Waals surface area contributed by atoms with Crippen LogP contribution in [0.2, 0.25) is 0 Å². The van der Waals surface area contributed by atoms with Crippen molar-refractivity contribution in [1.29, 1.82) is 5.26 Å². The Kier molecular flexibility index (Phi) is 13.2. The molecule has 2 nitrogen and oxygen atoms in total. The van der Waals surface area contributed by atoms with Crippen molar-refractivity contribution >= 4 is 28.4 Å². The van der Waals surface area contributed by atoms with Gasteiger partial charge in [-0.05, 0) is 32.5 Å². The molecule has 4 heteroatoms. The van der Waals surface area contributed by atoms with E-state index < -0.39 is 5.60 Å². The molecule has 0 aromatic rings. The lowest BCUT2D eigenvalue weighted by Gasteiger charge is -2.17. The zero-order chi connectivity index (χ0) is 16.0. The third-order valence-corrected chi connectivity index (χ3v) is 4.57. The molecule has 0 fully saturated rings. The summed E-state index contributed by atoms with van der Waals surface area (Å²) in [5, 5.41) is 8.86. The highest BCUT2D eigenvalue weighted by atomic mass is 32.2. The Labute approximate surface area is 141 Å². The molecular weight excluding hydrogens is 298 g/mol. The van der Waals surface area contributed by atoms with Gasteiger partial charge in [0.15, 0.2) is 5.60 Å². The molecule has 0 N–H and O–H groups in total. The molecule has 0 aliphatic heterocycles. The third-order valence-electron chi connectivity index (χ3n) is 3.33. The van der Waals surface area contributed by atoms with E-state index in [2.05, 4.69) is 13.0 Å². The molecule has 0 aromatic heterocycles. The Hall–Kier alpha value is -0.270. The van der Waals surface area contributed by atoms with Gasteiger partial charge in [0.1, 0.15) is 6.07 Å². The molecule has 0 unspecified atom stereocenters. The van der Waals surface area contributed by atoms with Crippen molar-refractivity contribution in [2.75, 3.05) is 5.75 Å². The highest BCUT2D eigenvalue weighted by Crippen LogP contribution is 2.17. The molecular formula is C17H31NOS2. The number of hydrogen-bond donors (Lipinski definition) is 0. The number of nitriles is 1. The van der Waals surface area contributed by atoms with Crippen LogP contribution in [-0.4, -0.2) is 15.7 Å². The number of unbranched alkanes of at least 4 members (excludes halogenated alkanes) is 9. The van der Waals surface area contributed by atoms with E-state index >= 15 is 0 Å². The Morgan fingerprint density at radius 1 is 1.00 bits per heavy atom. The highest BCUT2D eigenvalue weighted by molar-refractivity contribution is 8.22. The minimum atomic E-state index is -0.804. The summed E-state index contributed by atoms with van der Waals surface area (Å²) in [7, 11) is 0. The largest absolute Gasteiger partial charge is 0.457 e. The van der Waals surface area contributed by atoms with Crippen LogP contribution in [0.3, 0.4) is 0 Å². The van der Waals surface area contributed by atoms with Gasteiger partial charge in [-0.25, -0.2) is 0 Å². The maximum atomic E-state index is 8.86.